The molecule has 38 heavy (non-hydrogen) atoms. The Morgan fingerprint density at radius 1 is 1.03 bits per heavy atom. The number of hydrogen-bond donors (Lipinski definition) is 2. The first-order valence-electron chi connectivity index (χ1n) is 12.1. The van der Waals surface area contributed by atoms with Gasteiger partial charge in [0.25, 0.3) is 0 Å². The summed E-state index contributed by atoms with van der Waals surface area (Å²) in [7, 11) is 0. The number of hydrogen-bond acceptors (Lipinski definition) is 5. The lowest BCUT2D eigenvalue weighted by molar-refractivity contribution is 0.123. The van der Waals surface area contributed by atoms with E-state index >= 15 is 0 Å². The number of urea groups is 1. The van der Waals surface area contributed by atoms with Crippen molar-refractivity contribution >= 4 is 35.5 Å². The fraction of sp³-hybridized carbons (Fsp3) is 0.250. The Morgan fingerprint density at radius 3 is 2.21 bits per heavy atom. The van der Waals surface area contributed by atoms with Gasteiger partial charge in [0.1, 0.15) is 23.6 Å². The molecule has 1 heterocycles. The van der Waals surface area contributed by atoms with Crippen molar-refractivity contribution in [1.29, 1.82) is 0 Å². The van der Waals surface area contributed by atoms with Gasteiger partial charge in [0.2, 0.25) is 0 Å². The molecule has 3 aromatic rings. The van der Waals surface area contributed by atoms with Gasteiger partial charge in [-0.2, -0.15) is 0 Å². The highest BCUT2D eigenvalue weighted by Gasteiger charge is 2.44. The first-order valence-corrected chi connectivity index (χ1v) is 12.5. The molecule has 0 saturated carbocycles. The van der Waals surface area contributed by atoms with Crippen LogP contribution in [0, 0.1) is 5.92 Å². The maximum atomic E-state index is 13.1. The summed E-state index contributed by atoms with van der Waals surface area (Å²) < 4.78 is 11.5. The number of carbonyl (C=O) groups excluding carboxylic acids is 2. The molecule has 2 atom stereocenters. The summed E-state index contributed by atoms with van der Waals surface area (Å²) in [6, 6.07) is 21.9. The van der Waals surface area contributed by atoms with Gasteiger partial charge in [0.05, 0.1) is 6.54 Å². The third kappa shape index (κ3) is 6.36. The highest BCUT2D eigenvalue weighted by atomic mass is 35.5. The van der Waals surface area contributed by atoms with Gasteiger partial charge in [-0.25, -0.2) is 19.3 Å². The van der Waals surface area contributed by atoms with Crippen LogP contribution in [0.25, 0.3) is 0 Å². The van der Waals surface area contributed by atoms with Gasteiger partial charge >= 0.3 is 18.2 Å². The number of amides is 4. The van der Waals surface area contributed by atoms with Crippen molar-refractivity contribution in [2.45, 2.75) is 26.0 Å². The molecule has 2 N–H and O–H groups in total. The standard InChI is InChI=1S/C28H28ClN3O6/c1-18(2)17-31(27(34)35)26(33)30-16-24-25(19-6-4-3-5-7-19)32(28(36)38-24)21-10-14-23(15-11-21)37-22-12-8-20(29)9-13-22/h3-15,18,24-25H,16-17H2,1-2H3,(H,30,33)(H,34,35)/t24-,25-/m0/s1. The summed E-state index contributed by atoms with van der Waals surface area (Å²) in [6.45, 7) is 3.61. The number of carbonyl (C=O) groups is 3. The molecule has 4 amide bonds. The minimum atomic E-state index is -1.35. The Morgan fingerprint density at radius 2 is 1.63 bits per heavy atom. The third-order valence-electron chi connectivity index (χ3n) is 5.86. The Kier molecular flexibility index (Phi) is 8.38. The average Bonchev–Trinajstić information content (AvgIpc) is 3.23. The fourth-order valence-electron chi connectivity index (χ4n) is 4.17. The van der Waals surface area contributed by atoms with Gasteiger partial charge in [-0.3, -0.25) is 4.90 Å². The van der Waals surface area contributed by atoms with Crippen molar-refractivity contribution in [2.24, 2.45) is 5.92 Å². The second kappa shape index (κ2) is 11.9. The second-order valence-electron chi connectivity index (χ2n) is 9.17. The lowest BCUT2D eigenvalue weighted by Gasteiger charge is -2.26. The van der Waals surface area contributed by atoms with Crippen LogP contribution in [0.15, 0.2) is 78.9 Å². The summed E-state index contributed by atoms with van der Waals surface area (Å²) in [5.74, 6) is 1.15. The monoisotopic (exact) mass is 537 g/mol. The van der Waals surface area contributed by atoms with Crippen LogP contribution in [0.1, 0.15) is 25.5 Å². The minimum Gasteiger partial charge on any atom is -0.465 e. The number of cyclic esters (lactones) is 1. The molecule has 10 heteroatoms. The summed E-state index contributed by atoms with van der Waals surface area (Å²) in [4.78, 5) is 39.5. The Balaban J connectivity index is 1.54. The van der Waals surface area contributed by atoms with Crippen LogP contribution in [0.5, 0.6) is 11.5 Å². The SMILES string of the molecule is CC(C)CN(C(=O)O)C(=O)NC[C@@H]1OC(=O)N(c2ccc(Oc3ccc(Cl)cc3)cc2)[C@H]1c1ccccc1. The molecular formula is C28H28ClN3O6. The molecule has 4 rings (SSSR count). The largest absolute Gasteiger partial charge is 0.465 e. The molecule has 1 aliphatic rings. The van der Waals surface area contributed by atoms with Crippen LogP contribution in [0.3, 0.4) is 0 Å². The van der Waals surface area contributed by atoms with Gasteiger partial charge in [-0.15, -0.1) is 0 Å². The van der Waals surface area contributed by atoms with Crippen LogP contribution in [0.2, 0.25) is 5.02 Å². The zero-order valence-electron chi connectivity index (χ0n) is 20.9. The first-order chi connectivity index (χ1) is 18.2. The molecule has 0 aliphatic carbocycles. The molecule has 198 valence electrons. The topological polar surface area (TPSA) is 108 Å². The first kappa shape index (κ1) is 26.8. The predicted molar refractivity (Wildman–Crippen MR) is 143 cm³/mol. The molecule has 1 aliphatic heterocycles. The van der Waals surface area contributed by atoms with E-state index in [1.54, 1.807) is 48.5 Å². The number of anilines is 1. The van der Waals surface area contributed by atoms with Crippen LogP contribution in [-0.4, -0.2) is 47.4 Å². The fourth-order valence-corrected chi connectivity index (χ4v) is 4.30. The number of imide groups is 1. The molecular weight excluding hydrogens is 510 g/mol. The number of ether oxygens (including phenoxy) is 2. The quantitative estimate of drug-likeness (QED) is 0.337. The molecule has 1 saturated heterocycles. The Hall–Kier alpha value is -4.24. The molecule has 0 spiro atoms. The molecule has 1 fully saturated rings. The van der Waals surface area contributed by atoms with Gasteiger partial charge in [0.15, 0.2) is 0 Å². The highest BCUT2D eigenvalue weighted by molar-refractivity contribution is 6.30. The molecule has 0 radical (unpaired) electrons. The number of carboxylic acid groups (broad SMARTS) is 1. The smallest absolute Gasteiger partial charge is 0.415 e. The van der Waals surface area contributed by atoms with Gasteiger partial charge in [0, 0.05) is 17.3 Å². The Bertz CT molecular complexity index is 1270. The van der Waals surface area contributed by atoms with E-state index < -0.39 is 30.4 Å². The van der Waals surface area contributed by atoms with E-state index in [-0.39, 0.29) is 19.0 Å². The predicted octanol–water partition coefficient (Wildman–Crippen LogP) is 6.54. The number of benzene rings is 3. The van der Waals surface area contributed by atoms with Gasteiger partial charge in [-0.1, -0.05) is 55.8 Å². The van der Waals surface area contributed by atoms with E-state index in [9.17, 15) is 19.5 Å². The van der Waals surface area contributed by atoms with Crippen molar-refractivity contribution in [3.8, 4) is 11.5 Å². The van der Waals surface area contributed by atoms with E-state index in [4.69, 9.17) is 21.1 Å². The van der Waals surface area contributed by atoms with Crippen LogP contribution in [-0.2, 0) is 4.74 Å². The lowest BCUT2D eigenvalue weighted by atomic mass is 10.00. The highest BCUT2D eigenvalue weighted by Crippen LogP contribution is 2.38. The van der Waals surface area contributed by atoms with Crippen molar-refractivity contribution in [2.75, 3.05) is 18.0 Å². The van der Waals surface area contributed by atoms with E-state index in [0.29, 0.717) is 22.2 Å². The van der Waals surface area contributed by atoms with E-state index in [1.165, 1.54) is 4.90 Å². The maximum Gasteiger partial charge on any atom is 0.415 e. The third-order valence-corrected chi connectivity index (χ3v) is 6.11. The number of halogens is 1. The molecule has 0 bridgehead atoms. The zero-order valence-corrected chi connectivity index (χ0v) is 21.7. The van der Waals surface area contributed by atoms with Crippen LogP contribution in [0.4, 0.5) is 20.1 Å². The molecule has 0 unspecified atom stereocenters. The molecule has 3 aromatic carbocycles. The maximum absolute atomic E-state index is 13.1. The molecule has 9 nitrogen and oxygen atoms in total. The van der Waals surface area contributed by atoms with Crippen molar-refractivity contribution in [3.63, 3.8) is 0 Å². The van der Waals surface area contributed by atoms with E-state index in [1.807, 2.05) is 44.2 Å². The van der Waals surface area contributed by atoms with E-state index in [0.717, 1.165) is 10.5 Å². The zero-order chi connectivity index (χ0) is 27.2. The summed E-state index contributed by atoms with van der Waals surface area (Å²) in [5, 5.41) is 12.7. The summed E-state index contributed by atoms with van der Waals surface area (Å²) in [6.07, 6.45) is -2.68. The number of nitrogens with one attached hydrogen (secondary N) is 1. The van der Waals surface area contributed by atoms with Crippen LogP contribution >= 0.6 is 11.6 Å². The minimum absolute atomic E-state index is 0.0413. The normalized spacial score (nSPS) is 16.7. The average molecular weight is 538 g/mol. The number of nitrogens with zero attached hydrogens (tertiary/aromatic N) is 2. The lowest BCUT2D eigenvalue weighted by Crippen LogP contribution is -2.47. The van der Waals surface area contributed by atoms with Crippen molar-refractivity contribution in [1.82, 2.24) is 10.2 Å². The second-order valence-corrected chi connectivity index (χ2v) is 9.61. The van der Waals surface area contributed by atoms with E-state index in [2.05, 4.69) is 5.32 Å². The van der Waals surface area contributed by atoms with Crippen molar-refractivity contribution < 1.29 is 29.0 Å². The molecule has 0 aromatic heterocycles. The summed E-state index contributed by atoms with van der Waals surface area (Å²) >= 11 is 5.93. The van der Waals surface area contributed by atoms with Gasteiger partial charge < -0.3 is 19.9 Å². The van der Waals surface area contributed by atoms with Gasteiger partial charge in [-0.05, 0) is 60.0 Å². The van der Waals surface area contributed by atoms with Crippen LogP contribution < -0.4 is 15.0 Å². The number of rotatable bonds is 8. The van der Waals surface area contributed by atoms with Crippen molar-refractivity contribution in [3.05, 3.63) is 89.4 Å². The Labute approximate surface area is 225 Å². The summed E-state index contributed by atoms with van der Waals surface area (Å²) in [5.41, 5.74) is 1.38.